The van der Waals surface area contributed by atoms with Crippen LogP contribution >= 0.6 is 11.6 Å². The summed E-state index contributed by atoms with van der Waals surface area (Å²) < 4.78 is 0. The first-order chi connectivity index (χ1) is 8.63. The van der Waals surface area contributed by atoms with Crippen molar-refractivity contribution in [2.24, 2.45) is 11.8 Å². The van der Waals surface area contributed by atoms with E-state index >= 15 is 0 Å². The van der Waals surface area contributed by atoms with Crippen LogP contribution in [-0.2, 0) is 0 Å². The van der Waals surface area contributed by atoms with E-state index in [0.717, 1.165) is 17.0 Å². The number of nitrogens with two attached hydrogens (primary N) is 1. The van der Waals surface area contributed by atoms with Gasteiger partial charge in [-0.05, 0) is 36.5 Å². The largest absolute Gasteiger partial charge is 0.271 e. The van der Waals surface area contributed by atoms with Gasteiger partial charge >= 0.3 is 0 Å². The van der Waals surface area contributed by atoms with E-state index < -0.39 is 0 Å². The number of aryl methyl sites for hydroxylation is 1. The zero-order valence-corrected chi connectivity index (χ0v) is 12.4. The molecular formula is C15H25ClN2. The highest BCUT2D eigenvalue weighted by atomic mass is 35.5. The van der Waals surface area contributed by atoms with Gasteiger partial charge in [0.2, 0.25) is 0 Å². The van der Waals surface area contributed by atoms with Crippen LogP contribution in [0.4, 0.5) is 0 Å². The number of hydrogen-bond acceptors (Lipinski definition) is 2. The van der Waals surface area contributed by atoms with Crippen LogP contribution in [0.2, 0.25) is 5.02 Å². The molecule has 1 aromatic rings. The number of hydrazine groups is 1. The van der Waals surface area contributed by atoms with Gasteiger partial charge in [-0.15, -0.1) is 0 Å². The third-order valence-electron chi connectivity index (χ3n) is 3.66. The predicted octanol–water partition coefficient (Wildman–Crippen LogP) is 4.37. The van der Waals surface area contributed by atoms with E-state index in [1.54, 1.807) is 0 Å². The molecule has 0 spiro atoms. The maximum absolute atomic E-state index is 6.20. The lowest BCUT2D eigenvalue weighted by molar-refractivity contribution is 0.327. The Bertz CT molecular complexity index is 366. The third-order valence-corrected chi connectivity index (χ3v) is 4.07. The monoisotopic (exact) mass is 268 g/mol. The molecule has 0 amide bonds. The van der Waals surface area contributed by atoms with Gasteiger partial charge in [0.05, 0.1) is 0 Å². The first-order valence-corrected chi connectivity index (χ1v) is 7.24. The number of rotatable bonds is 7. The number of benzene rings is 1. The number of halogens is 1. The maximum Gasteiger partial charge on any atom is 0.0488 e. The van der Waals surface area contributed by atoms with E-state index in [1.165, 1.54) is 24.8 Å². The molecule has 0 radical (unpaired) electrons. The average Bonchev–Trinajstić information content (AvgIpc) is 2.38. The Balaban J connectivity index is 2.88. The van der Waals surface area contributed by atoms with Gasteiger partial charge in [-0.25, -0.2) is 0 Å². The fourth-order valence-corrected chi connectivity index (χ4v) is 2.57. The van der Waals surface area contributed by atoms with E-state index in [1.807, 2.05) is 13.0 Å². The Hall–Kier alpha value is -0.570. The van der Waals surface area contributed by atoms with Crippen LogP contribution in [0.5, 0.6) is 0 Å². The summed E-state index contributed by atoms with van der Waals surface area (Å²) in [5.41, 5.74) is 5.27. The molecule has 0 aliphatic heterocycles. The fourth-order valence-electron chi connectivity index (χ4n) is 2.38. The molecule has 2 nitrogen and oxygen atoms in total. The lowest BCUT2D eigenvalue weighted by atomic mass is 9.87. The van der Waals surface area contributed by atoms with Gasteiger partial charge in [-0.1, -0.05) is 56.8 Å². The van der Waals surface area contributed by atoms with E-state index in [-0.39, 0.29) is 6.04 Å². The lowest BCUT2D eigenvalue weighted by Gasteiger charge is -2.26. The molecule has 0 heterocycles. The molecule has 3 N–H and O–H groups in total. The lowest BCUT2D eigenvalue weighted by Crippen LogP contribution is -2.33. The second kappa shape index (κ2) is 7.78. The minimum Gasteiger partial charge on any atom is -0.271 e. The van der Waals surface area contributed by atoms with Gasteiger partial charge in [0.15, 0.2) is 0 Å². The van der Waals surface area contributed by atoms with Crippen molar-refractivity contribution in [2.75, 3.05) is 0 Å². The minimum atomic E-state index is 0.194. The molecule has 2 unspecified atom stereocenters. The first kappa shape index (κ1) is 15.5. The van der Waals surface area contributed by atoms with Gasteiger partial charge in [0, 0.05) is 11.1 Å². The smallest absolute Gasteiger partial charge is 0.0488 e. The highest BCUT2D eigenvalue weighted by molar-refractivity contribution is 6.31. The van der Waals surface area contributed by atoms with E-state index in [4.69, 9.17) is 17.4 Å². The molecule has 0 aliphatic carbocycles. The van der Waals surface area contributed by atoms with Crippen LogP contribution in [-0.4, -0.2) is 0 Å². The van der Waals surface area contributed by atoms with Crippen molar-refractivity contribution in [1.29, 1.82) is 0 Å². The molecular weight excluding hydrogens is 244 g/mol. The molecule has 0 saturated heterocycles. The zero-order chi connectivity index (χ0) is 13.5. The molecule has 18 heavy (non-hydrogen) atoms. The minimum absolute atomic E-state index is 0.194. The van der Waals surface area contributed by atoms with Crippen LogP contribution in [0.15, 0.2) is 18.2 Å². The second-order valence-electron chi connectivity index (χ2n) is 4.96. The molecule has 0 fully saturated rings. The van der Waals surface area contributed by atoms with Crippen LogP contribution in [0.25, 0.3) is 0 Å². The number of hydrogen-bond donors (Lipinski definition) is 2. The van der Waals surface area contributed by atoms with Gasteiger partial charge in [0.1, 0.15) is 0 Å². The second-order valence-corrected chi connectivity index (χ2v) is 5.37. The Morgan fingerprint density at radius 2 is 2.06 bits per heavy atom. The molecule has 0 aromatic heterocycles. The van der Waals surface area contributed by atoms with Crippen molar-refractivity contribution in [3.8, 4) is 0 Å². The van der Waals surface area contributed by atoms with Crippen molar-refractivity contribution in [3.05, 3.63) is 34.3 Å². The Kier molecular flexibility index (Phi) is 6.69. The van der Waals surface area contributed by atoms with Crippen LogP contribution in [0, 0.1) is 12.8 Å². The quantitative estimate of drug-likeness (QED) is 0.569. The molecule has 1 rings (SSSR count). The Morgan fingerprint density at radius 1 is 1.33 bits per heavy atom. The number of nitrogens with one attached hydrogen (secondary N) is 1. The van der Waals surface area contributed by atoms with Crippen molar-refractivity contribution in [1.82, 2.24) is 5.43 Å². The van der Waals surface area contributed by atoms with Crippen molar-refractivity contribution < 1.29 is 0 Å². The standard InChI is InChI=1S/C15H25ClN2/c1-4-6-7-12(5-2)15(18-17)13-9-8-11(3)14(16)10-13/h8-10,12,15,18H,4-7,17H2,1-3H3. The van der Waals surface area contributed by atoms with E-state index in [2.05, 4.69) is 31.4 Å². The summed E-state index contributed by atoms with van der Waals surface area (Å²) >= 11 is 6.20. The van der Waals surface area contributed by atoms with Crippen LogP contribution in [0.1, 0.15) is 56.7 Å². The molecule has 0 saturated carbocycles. The highest BCUT2D eigenvalue weighted by Crippen LogP contribution is 2.30. The first-order valence-electron chi connectivity index (χ1n) is 6.86. The van der Waals surface area contributed by atoms with Crippen molar-refractivity contribution in [3.63, 3.8) is 0 Å². The summed E-state index contributed by atoms with van der Waals surface area (Å²) in [6, 6.07) is 6.42. The van der Waals surface area contributed by atoms with E-state index in [9.17, 15) is 0 Å². The van der Waals surface area contributed by atoms with Gasteiger partial charge in [-0.2, -0.15) is 0 Å². The van der Waals surface area contributed by atoms with Crippen molar-refractivity contribution >= 4 is 11.6 Å². The van der Waals surface area contributed by atoms with Crippen molar-refractivity contribution in [2.45, 2.75) is 52.5 Å². The molecule has 1 aromatic carbocycles. The van der Waals surface area contributed by atoms with Gasteiger partial charge < -0.3 is 0 Å². The molecule has 102 valence electrons. The zero-order valence-electron chi connectivity index (χ0n) is 11.7. The topological polar surface area (TPSA) is 38.0 Å². The molecule has 0 aliphatic rings. The summed E-state index contributed by atoms with van der Waals surface area (Å²) in [5, 5.41) is 0.818. The maximum atomic E-state index is 6.20. The van der Waals surface area contributed by atoms with Crippen LogP contribution < -0.4 is 11.3 Å². The van der Waals surface area contributed by atoms with Gasteiger partial charge in [0.25, 0.3) is 0 Å². The van der Waals surface area contributed by atoms with Crippen LogP contribution in [0.3, 0.4) is 0 Å². The normalized spacial score (nSPS) is 14.5. The summed E-state index contributed by atoms with van der Waals surface area (Å²) in [6.07, 6.45) is 4.80. The van der Waals surface area contributed by atoms with E-state index in [0.29, 0.717) is 5.92 Å². The summed E-state index contributed by atoms with van der Waals surface area (Å²) in [6.45, 7) is 6.46. The summed E-state index contributed by atoms with van der Waals surface area (Å²) in [7, 11) is 0. The predicted molar refractivity (Wildman–Crippen MR) is 79.6 cm³/mol. The average molecular weight is 269 g/mol. The Morgan fingerprint density at radius 3 is 2.56 bits per heavy atom. The molecule has 0 bridgehead atoms. The summed E-state index contributed by atoms with van der Waals surface area (Å²) in [5.74, 6) is 6.31. The Labute approximate surface area is 116 Å². The highest BCUT2D eigenvalue weighted by Gasteiger charge is 2.20. The fraction of sp³-hybridized carbons (Fsp3) is 0.600. The third kappa shape index (κ3) is 3.98. The van der Waals surface area contributed by atoms with Gasteiger partial charge in [-0.3, -0.25) is 11.3 Å². The number of unbranched alkanes of at least 4 members (excludes halogenated alkanes) is 1. The molecule has 2 atom stereocenters. The summed E-state index contributed by atoms with van der Waals surface area (Å²) in [4.78, 5) is 0. The SMILES string of the molecule is CCCCC(CC)C(NN)c1ccc(C)c(Cl)c1. The molecule has 3 heteroatoms.